The molecule has 0 aromatic heterocycles. The van der Waals surface area contributed by atoms with Crippen molar-refractivity contribution in [2.24, 2.45) is 17.1 Å². The zero-order valence-corrected chi connectivity index (χ0v) is 9.16. The highest BCUT2D eigenvalue weighted by Crippen LogP contribution is 2.44. The number of halogens is 2. The van der Waals surface area contributed by atoms with E-state index in [1.54, 1.807) is 0 Å². The van der Waals surface area contributed by atoms with Crippen LogP contribution in [0.4, 0.5) is 0 Å². The van der Waals surface area contributed by atoms with Gasteiger partial charge in [-0.05, 0) is 31.8 Å². The van der Waals surface area contributed by atoms with Crippen molar-refractivity contribution in [3.63, 3.8) is 0 Å². The lowest BCUT2D eigenvalue weighted by atomic mass is 9.81. The van der Waals surface area contributed by atoms with Crippen LogP contribution >= 0.6 is 24.8 Å². The molecule has 80 valence electrons. The van der Waals surface area contributed by atoms with Gasteiger partial charge in [0.05, 0.1) is 6.10 Å². The zero-order chi connectivity index (χ0) is 7.90. The first-order chi connectivity index (χ1) is 5.27. The first-order valence-electron chi connectivity index (χ1n) is 4.36. The largest absolute Gasteiger partial charge is 0.393 e. The lowest BCUT2D eigenvalue weighted by Crippen LogP contribution is -2.34. The molecule has 0 aromatic rings. The van der Waals surface area contributed by atoms with Gasteiger partial charge in [-0.25, -0.2) is 0 Å². The van der Waals surface area contributed by atoms with Crippen molar-refractivity contribution < 1.29 is 5.11 Å². The summed E-state index contributed by atoms with van der Waals surface area (Å²) in [5, 5.41) is 12.8. The van der Waals surface area contributed by atoms with Gasteiger partial charge in [-0.1, -0.05) is 0 Å². The van der Waals surface area contributed by atoms with Gasteiger partial charge in [0.15, 0.2) is 0 Å². The van der Waals surface area contributed by atoms with E-state index in [1.165, 1.54) is 0 Å². The molecule has 0 spiro atoms. The normalized spacial score (nSPS) is 42.0. The fourth-order valence-electron chi connectivity index (χ4n) is 2.63. The van der Waals surface area contributed by atoms with Crippen molar-refractivity contribution in [2.75, 3.05) is 19.6 Å². The highest BCUT2D eigenvalue weighted by molar-refractivity contribution is 5.85. The SMILES string of the molecule is Cl.Cl.NC[C@]12CNC[C@H]1CC(O)C2. The maximum absolute atomic E-state index is 9.45. The van der Waals surface area contributed by atoms with Gasteiger partial charge < -0.3 is 16.2 Å². The predicted octanol–water partition coefficient (Wildman–Crippen LogP) is 0.149. The molecule has 4 N–H and O–H groups in total. The quantitative estimate of drug-likeness (QED) is 0.599. The van der Waals surface area contributed by atoms with Crippen LogP contribution in [0.25, 0.3) is 0 Å². The van der Waals surface area contributed by atoms with Crippen LogP contribution < -0.4 is 11.1 Å². The third-order valence-corrected chi connectivity index (χ3v) is 3.34. The number of nitrogens with one attached hydrogen (secondary N) is 1. The second kappa shape index (κ2) is 4.80. The van der Waals surface area contributed by atoms with Crippen molar-refractivity contribution in [1.29, 1.82) is 0 Å². The van der Waals surface area contributed by atoms with Crippen LogP contribution in [-0.2, 0) is 0 Å². The van der Waals surface area contributed by atoms with Crippen LogP contribution in [0.15, 0.2) is 0 Å². The molecule has 1 heterocycles. The van der Waals surface area contributed by atoms with Crippen molar-refractivity contribution >= 4 is 24.8 Å². The highest BCUT2D eigenvalue weighted by atomic mass is 35.5. The number of aliphatic hydroxyl groups excluding tert-OH is 1. The second-order valence-corrected chi connectivity index (χ2v) is 3.99. The van der Waals surface area contributed by atoms with Gasteiger partial charge in [-0.15, -0.1) is 24.8 Å². The molecule has 3 atom stereocenters. The van der Waals surface area contributed by atoms with E-state index in [0.717, 1.165) is 32.5 Å². The molecule has 13 heavy (non-hydrogen) atoms. The van der Waals surface area contributed by atoms with E-state index < -0.39 is 0 Å². The first kappa shape index (κ1) is 13.5. The van der Waals surface area contributed by atoms with Crippen molar-refractivity contribution in [2.45, 2.75) is 18.9 Å². The zero-order valence-electron chi connectivity index (χ0n) is 7.53. The maximum Gasteiger partial charge on any atom is 0.0550 e. The minimum absolute atomic E-state index is 0. The summed E-state index contributed by atoms with van der Waals surface area (Å²) in [6.07, 6.45) is 1.76. The van der Waals surface area contributed by atoms with E-state index in [9.17, 15) is 5.11 Å². The molecule has 1 aliphatic carbocycles. The lowest BCUT2D eigenvalue weighted by Gasteiger charge is -2.25. The average molecular weight is 229 g/mol. The molecule has 1 aliphatic heterocycles. The van der Waals surface area contributed by atoms with Gasteiger partial charge >= 0.3 is 0 Å². The summed E-state index contributed by atoms with van der Waals surface area (Å²) in [7, 11) is 0. The molecule has 1 unspecified atom stereocenters. The Labute approximate surface area is 91.3 Å². The van der Waals surface area contributed by atoms with E-state index in [0.29, 0.717) is 5.92 Å². The van der Waals surface area contributed by atoms with Gasteiger partial charge in [0.25, 0.3) is 0 Å². The van der Waals surface area contributed by atoms with Crippen molar-refractivity contribution in [3.05, 3.63) is 0 Å². The summed E-state index contributed by atoms with van der Waals surface area (Å²) in [5.74, 6) is 0.627. The molecule has 2 rings (SSSR count). The Balaban J connectivity index is 0.000000720. The summed E-state index contributed by atoms with van der Waals surface area (Å²) >= 11 is 0. The van der Waals surface area contributed by atoms with Gasteiger partial charge in [-0.2, -0.15) is 0 Å². The molecular formula is C8H18Cl2N2O. The van der Waals surface area contributed by atoms with Gasteiger partial charge in [0.1, 0.15) is 0 Å². The fourth-order valence-corrected chi connectivity index (χ4v) is 2.63. The molecule has 0 amide bonds. The summed E-state index contributed by atoms with van der Waals surface area (Å²) in [4.78, 5) is 0. The van der Waals surface area contributed by atoms with Crippen LogP contribution in [0.3, 0.4) is 0 Å². The number of aliphatic hydroxyl groups is 1. The van der Waals surface area contributed by atoms with E-state index >= 15 is 0 Å². The topological polar surface area (TPSA) is 58.3 Å². The Kier molecular flexibility index (Phi) is 4.97. The van der Waals surface area contributed by atoms with Gasteiger partial charge in [0, 0.05) is 12.0 Å². The Bertz CT molecular complexity index is 170. The third-order valence-electron chi connectivity index (χ3n) is 3.34. The monoisotopic (exact) mass is 228 g/mol. The van der Waals surface area contributed by atoms with Crippen molar-refractivity contribution in [3.8, 4) is 0 Å². The summed E-state index contributed by atoms with van der Waals surface area (Å²) in [6.45, 7) is 2.78. The third kappa shape index (κ3) is 2.10. The summed E-state index contributed by atoms with van der Waals surface area (Å²) in [5.41, 5.74) is 5.96. The summed E-state index contributed by atoms with van der Waals surface area (Å²) in [6, 6.07) is 0. The molecular weight excluding hydrogens is 211 g/mol. The number of hydrogen-bond donors (Lipinski definition) is 3. The maximum atomic E-state index is 9.45. The van der Waals surface area contributed by atoms with Crippen LogP contribution in [0, 0.1) is 11.3 Å². The number of rotatable bonds is 1. The number of hydrogen-bond acceptors (Lipinski definition) is 3. The van der Waals surface area contributed by atoms with E-state index in [-0.39, 0.29) is 36.3 Å². The molecule has 1 saturated heterocycles. The van der Waals surface area contributed by atoms with Gasteiger partial charge in [0.2, 0.25) is 0 Å². The number of fused-ring (bicyclic) bond motifs is 1. The minimum atomic E-state index is -0.0920. The lowest BCUT2D eigenvalue weighted by molar-refractivity contribution is 0.161. The summed E-state index contributed by atoms with van der Waals surface area (Å²) < 4.78 is 0. The Morgan fingerprint density at radius 3 is 2.69 bits per heavy atom. The highest BCUT2D eigenvalue weighted by Gasteiger charge is 2.48. The number of nitrogens with two attached hydrogens (primary N) is 1. The Morgan fingerprint density at radius 1 is 1.46 bits per heavy atom. The van der Waals surface area contributed by atoms with E-state index in [4.69, 9.17) is 5.73 Å². The minimum Gasteiger partial charge on any atom is -0.393 e. The Hall–Kier alpha value is 0.460. The van der Waals surface area contributed by atoms with Crippen LogP contribution in [-0.4, -0.2) is 30.8 Å². The Morgan fingerprint density at radius 2 is 2.15 bits per heavy atom. The van der Waals surface area contributed by atoms with Gasteiger partial charge in [-0.3, -0.25) is 0 Å². The molecule has 0 bridgehead atoms. The van der Waals surface area contributed by atoms with Crippen LogP contribution in [0.1, 0.15) is 12.8 Å². The average Bonchev–Trinajstić information content (AvgIpc) is 2.43. The van der Waals surface area contributed by atoms with Crippen LogP contribution in [0.2, 0.25) is 0 Å². The molecule has 0 radical (unpaired) electrons. The van der Waals surface area contributed by atoms with E-state index in [1.807, 2.05) is 0 Å². The van der Waals surface area contributed by atoms with Crippen LogP contribution in [0.5, 0.6) is 0 Å². The molecule has 2 aliphatic rings. The predicted molar refractivity (Wildman–Crippen MR) is 57.6 cm³/mol. The second-order valence-electron chi connectivity index (χ2n) is 3.99. The molecule has 2 fully saturated rings. The van der Waals surface area contributed by atoms with E-state index in [2.05, 4.69) is 5.32 Å². The fraction of sp³-hybridized carbons (Fsp3) is 1.00. The molecule has 0 aromatic carbocycles. The molecule has 3 nitrogen and oxygen atoms in total. The standard InChI is InChI=1S/C8H16N2O.2ClH/c9-4-8-2-7(11)1-6(8)3-10-5-8;;/h6-7,10-11H,1-5,9H2;2*1H/t6-,7?,8-;;/m1../s1. The molecule has 1 saturated carbocycles. The molecule has 5 heteroatoms. The smallest absolute Gasteiger partial charge is 0.0550 e. The first-order valence-corrected chi connectivity index (χ1v) is 4.36. The van der Waals surface area contributed by atoms with Crippen molar-refractivity contribution in [1.82, 2.24) is 5.32 Å².